The number of aliphatic carboxylic acids is 1. The van der Waals surface area contributed by atoms with Gasteiger partial charge in [-0.1, -0.05) is 0 Å². The summed E-state index contributed by atoms with van der Waals surface area (Å²) in [5.74, 6) is -1.60. The number of rotatable bonds is 2. The van der Waals surface area contributed by atoms with Crippen molar-refractivity contribution in [2.75, 3.05) is 6.54 Å². The quantitative estimate of drug-likeness (QED) is 0.693. The molecule has 0 radical (unpaired) electrons. The van der Waals surface area contributed by atoms with Crippen molar-refractivity contribution in [3.8, 4) is 0 Å². The van der Waals surface area contributed by atoms with E-state index in [0.717, 1.165) is 4.90 Å². The average Bonchev–Trinajstić information content (AvgIpc) is 2.72. The lowest BCUT2D eigenvalue weighted by Gasteiger charge is -2.20. The molecule has 0 saturated carbocycles. The van der Waals surface area contributed by atoms with E-state index in [9.17, 15) is 14.7 Å². The molecular weight excluding hydrogens is 226 g/mol. The Morgan fingerprint density at radius 2 is 2.00 bits per heavy atom. The predicted octanol–water partition coefficient (Wildman–Crippen LogP) is -0.863. The first-order valence-electron chi connectivity index (χ1n) is 5.06. The second kappa shape index (κ2) is 4.46. The highest BCUT2D eigenvalue weighted by molar-refractivity contribution is 5.96. The monoisotopic (exact) mass is 237 g/mol. The van der Waals surface area contributed by atoms with Crippen molar-refractivity contribution < 1.29 is 19.8 Å². The van der Waals surface area contributed by atoms with Gasteiger partial charge in [-0.2, -0.15) is 0 Å². The SMILES string of the molecule is O=C(O)C1CC(O)CN1C(=O)c1cncnc1. The summed E-state index contributed by atoms with van der Waals surface area (Å²) < 4.78 is 0. The maximum absolute atomic E-state index is 12.0. The summed E-state index contributed by atoms with van der Waals surface area (Å²) in [6.07, 6.45) is 3.17. The Bertz CT molecular complexity index is 436. The zero-order valence-electron chi connectivity index (χ0n) is 8.85. The van der Waals surface area contributed by atoms with Crippen LogP contribution in [0, 0.1) is 0 Å². The van der Waals surface area contributed by atoms with Crippen molar-refractivity contribution in [3.05, 3.63) is 24.3 Å². The molecule has 2 heterocycles. The van der Waals surface area contributed by atoms with E-state index in [1.54, 1.807) is 0 Å². The maximum atomic E-state index is 12.0. The Morgan fingerprint density at radius 1 is 1.35 bits per heavy atom. The van der Waals surface area contributed by atoms with Gasteiger partial charge in [-0.25, -0.2) is 14.8 Å². The third-order valence-electron chi connectivity index (χ3n) is 2.63. The van der Waals surface area contributed by atoms with Crippen molar-refractivity contribution in [1.82, 2.24) is 14.9 Å². The van der Waals surface area contributed by atoms with Crippen LogP contribution in [0.15, 0.2) is 18.7 Å². The Morgan fingerprint density at radius 3 is 2.59 bits per heavy atom. The standard InChI is InChI=1S/C10H11N3O4/c14-7-1-8(10(16)17)13(4-7)9(15)6-2-11-5-12-3-6/h2-3,5,7-8,14H,1,4H2,(H,16,17). The van der Waals surface area contributed by atoms with Crippen LogP contribution in [0.4, 0.5) is 0 Å². The van der Waals surface area contributed by atoms with Gasteiger partial charge in [0.05, 0.1) is 11.7 Å². The zero-order chi connectivity index (χ0) is 12.4. The topological polar surface area (TPSA) is 104 Å². The molecule has 1 aliphatic heterocycles. The van der Waals surface area contributed by atoms with E-state index >= 15 is 0 Å². The highest BCUT2D eigenvalue weighted by Crippen LogP contribution is 2.20. The fourth-order valence-electron chi connectivity index (χ4n) is 1.85. The molecule has 1 aromatic rings. The molecule has 1 amide bonds. The average molecular weight is 237 g/mol. The van der Waals surface area contributed by atoms with Crippen LogP contribution >= 0.6 is 0 Å². The van der Waals surface area contributed by atoms with Crippen LogP contribution in [0.25, 0.3) is 0 Å². The van der Waals surface area contributed by atoms with E-state index in [0.29, 0.717) is 0 Å². The van der Waals surface area contributed by atoms with Crippen LogP contribution in [0.2, 0.25) is 0 Å². The summed E-state index contributed by atoms with van der Waals surface area (Å²) in [7, 11) is 0. The summed E-state index contributed by atoms with van der Waals surface area (Å²) in [4.78, 5) is 31.5. The molecule has 90 valence electrons. The normalized spacial score (nSPS) is 23.7. The Balaban J connectivity index is 2.22. The summed E-state index contributed by atoms with van der Waals surface area (Å²) >= 11 is 0. The van der Waals surface area contributed by atoms with Gasteiger partial charge in [0, 0.05) is 25.4 Å². The van der Waals surface area contributed by atoms with Gasteiger partial charge in [-0.05, 0) is 0 Å². The molecular formula is C10H11N3O4. The number of nitrogens with zero attached hydrogens (tertiary/aromatic N) is 3. The summed E-state index contributed by atoms with van der Waals surface area (Å²) in [6.45, 7) is 0.0185. The molecule has 0 spiro atoms. The number of carboxylic acid groups (broad SMARTS) is 1. The number of likely N-dealkylation sites (tertiary alicyclic amines) is 1. The largest absolute Gasteiger partial charge is 0.480 e. The number of carbonyl (C=O) groups is 2. The van der Waals surface area contributed by atoms with Crippen molar-refractivity contribution in [2.45, 2.75) is 18.6 Å². The van der Waals surface area contributed by atoms with Gasteiger partial charge < -0.3 is 15.1 Å². The number of carbonyl (C=O) groups excluding carboxylic acids is 1. The molecule has 1 fully saturated rings. The van der Waals surface area contributed by atoms with Crippen LogP contribution in [0.3, 0.4) is 0 Å². The molecule has 1 saturated heterocycles. The first-order valence-corrected chi connectivity index (χ1v) is 5.06. The number of aliphatic hydroxyl groups excluding tert-OH is 1. The van der Waals surface area contributed by atoms with Crippen LogP contribution < -0.4 is 0 Å². The molecule has 0 aliphatic carbocycles. The van der Waals surface area contributed by atoms with Crippen molar-refractivity contribution in [1.29, 1.82) is 0 Å². The lowest BCUT2D eigenvalue weighted by Crippen LogP contribution is -2.40. The van der Waals surface area contributed by atoms with Crippen molar-refractivity contribution in [2.24, 2.45) is 0 Å². The highest BCUT2D eigenvalue weighted by atomic mass is 16.4. The molecule has 7 heteroatoms. The minimum Gasteiger partial charge on any atom is -0.480 e. The Labute approximate surface area is 96.7 Å². The summed E-state index contributed by atoms with van der Waals surface area (Å²) in [5, 5.41) is 18.4. The van der Waals surface area contributed by atoms with Gasteiger partial charge in [0.25, 0.3) is 5.91 Å². The molecule has 7 nitrogen and oxygen atoms in total. The van der Waals surface area contributed by atoms with Gasteiger partial charge in [-0.3, -0.25) is 4.79 Å². The van der Waals surface area contributed by atoms with E-state index < -0.39 is 24.0 Å². The molecule has 2 atom stereocenters. The number of aliphatic hydroxyl groups is 1. The molecule has 1 aromatic heterocycles. The number of carboxylic acids is 1. The predicted molar refractivity (Wildman–Crippen MR) is 55.1 cm³/mol. The van der Waals surface area contributed by atoms with Gasteiger partial charge in [0.2, 0.25) is 0 Å². The highest BCUT2D eigenvalue weighted by Gasteiger charge is 2.39. The summed E-state index contributed by atoms with van der Waals surface area (Å²) in [5.41, 5.74) is 0.216. The van der Waals surface area contributed by atoms with Crippen LogP contribution in [-0.2, 0) is 4.79 Å². The number of aromatic nitrogens is 2. The number of β-amino-alcohol motifs (C(OH)–C–C–N with tert-alkyl or cyclic N) is 1. The van der Waals surface area contributed by atoms with Crippen molar-refractivity contribution in [3.63, 3.8) is 0 Å². The molecule has 17 heavy (non-hydrogen) atoms. The maximum Gasteiger partial charge on any atom is 0.326 e. The number of hydrogen-bond donors (Lipinski definition) is 2. The van der Waals surface area contributed by atoms with E-state index in [4.69, 9.17) is 5.11 Å². The number of hydrogen-bond acceptors (Lipinski definition) is 5. The van der Waals surface area contributed by atoms with Crippen LogP contribution in [0.1, 0.15) is 16.8 Å². The van der Waals surface area contributed by atoms with Gasteiger partial charge in [0.1, 0.15) is 12.4 Å². The summed E-state index contributed by atoms with van der Waals surface area (Å²) in [6, 6.07) is -0.988. The van der Waals surface area contributed by atoms with Gasteiger partial charge in [-0.15, -0.1) is 0 Å². The minimum atomic E-state index is -1.12. The first-order chi connectivity index (χ1) is 8.09. The zero-order valence-corrected chi connectivity index (χ0v) is 8.85. The molecule has 0 aromatic carbocycles. The Kier molecular flexibility index (Phi) is 3.01. The second-order valence-electron chi connectivity index (χ2n) is 3.83. The van der Waals surface area contributed by atoms with Gasteiger partial charge >= 0.3 is 5.97 Å². The fourth-order valence-corrected chi connectivity index (χ4v) is 1.85. The molecule has 2 N–H and O–H groups in total. The van der Waals surface area contributed by atoms with Crippen molar-refractivity contribution >= 4 is 11.9 Å². The lowest BCUT2D eigenvalue weighted by molar-refractivity contribution is -0.141. The Hall–Kier alpha value is -2.02. The molecule has 1 aliphatic rings. The third-order valence-corrected chi connectivity index (χ3v) is 2.63. The van der Waals surface area contributed by atoms with Gasteiger partial charge in [0.15, 0.2) is 0 Å². The van der Waals surface area contributed by atoms with E-state index in [2.05, 4.69) is 9.97 Å². The van der Waals surface area contributed by atoms with Crippen LogP contribution in [-0.4, -0.2) is 55.6 Å². The minimum absolute atomic E-state index is 0.0185. The van der Waals surface area contributed by atoms with E-state index in [1.807, 2.05) is 0 Å². The van der Waals surface area contributed by atoms with Crippen LogP contribution in [0.5, 0.6) is 0 Å². The fraction of sp³-hybridized carbons (Fsp3) is 0.400. The second-order valence-corrected chi connectivity index (χ2v) is 3.83. The van der Waals surface area contributed by atoms with E-state index in [1.165, 1.54) is 18.7 Å². The lowest BCUT2D eigenvalue weighted by atomic mass is 10.2. The smallest absolute Gasteiger partial charge is 0.326 e. The van der Waals surface area contributed by atoms with E-state index in [-0.39, 0.29) is 18.5 Å². The molecule has 0 bridgehead atoms. The third kappa shape index (κ3) is 2.23. The molecule has 2 rings (SSSR count). The first kappa shape index (κ1) is 11.5. The molecule has 2 unspecified atom stereocenters. The number of amides is 1.